The molecular weight excluding hydrogens is 278 g/mol. The molecule has 0 aliphatic rings. The van der Waals surface area contributed by atoms with Crippen LogP contribution < -0.4 is 10.6 Å². The highest BCUT2D eigenvalue weighted by Crippen LogP contribution is 2.09. The van der Waals surface area contributed by atoms with Crippen molar-refractivity contribution in [3.8, 4) is 11.8 Å². The summed E-state index contributed by atoms with van der Waals surface area (Å²) in [4.78, 5) is 11.9. The zero-order valence-corrected chi connectivity index (χ0v) is 12.9. The van der Waals surface area contributed by atoms with Crippen molar-refractivity contribution in [3.63, 3.8) is 0 Å². The van der Waals surface area contributed by atoms with E-state index in [0.29, 0.717) is 13.0 Å². The quantitative estimate of drug-likeness (QED) is 0.371. The number of unbranched alkanes of at least 4 members (excludes halogenated alkanes) is 2. The number of nitrogens with zero attached hydrogens (tertiary/aromatic N) is 1. The lowest BCUT2D eigenvalue weighted by molar-refractivity contribution is -0.117. The molecule has 0 saturated carbocycles. The van der Waals surface area contributed by atoms with Gasteiger partial charge in [-0.05, 0) is 30.5 Å². The molecular formula is C17H23N3O2. The molecule has 0 fully saturated rings. The number of nitrogens with one attached hydrogen (secondary N) is 2. The van der Waals surface area contributed by atoms with Gasteiger partial charge in [0.1, 0.15) is 17.4 Å². The van der Waals surface area contributed by atoms with Gasteiger partial charge in [0, 0.05) is 19.3 Å². The van der Waals surface area contributed by atoms with Gasteiger partial charge in [0.15, 0.2) is 0 Å². The molecule has 5 heteroatoms. The Kier molecular flexibility index (Phi) is 8.21. The van der Waals surface area contributed by atoms with E-state index in [0.717, 1.165) is 31.4 Å². The molecule has 1 aromatic carbocycles. The summed E-state index contributed by atoms with van der Waals surface area (Å²) in [7, 11) is 0. The molecule has 118 valence electrons. The summed E-state index contributed by atoms with van der Waals surface area (Å²) in [5, 5.41) is 23.9. The largest absolute Gasteiger partial charge is 0.508 e. The van der Waals surface area contributed by atoms with Crippen LogP contribution in [0, 0.1) is 11.3 Å². The highest BCUT2D eigenvalue weighted by molar-refractivity contribution is 5.97. The first-order valence-electron chi connectivity index (χ1n) is 7.57. The molecule has 3 N–H and O–H groups in total. The first-order valence-corrected chi connectivity index (χ1v) is 7.57. The predicted octanol–water partition coefficient (Wildman–Crippen LogP) is 2.24. The maximum atomic E-state index is 11.9. The van der Waals surface area contributed by atoms with Crippen LogP contribution in [-0.2, 0) is 11.2 Å². The van der Waals surface area contributed by atoms with Crippen molar-refractivity contribution in [3.05, 3.63) is 41.6 Å². The number of benzene rings is 1. The Balaban J connectivity index is 2.33. The molecule has 0 aliphatic heterocycles. The van der Waals surface area contributed by atoms with Crippen LogP contribution in [0.3, 0.4) is 0 Å². The second-order valence-electron chi connectivity index (χ2n) is 5.00. The maximum Gasteiger partial charge on any atom is 0.263 e. The average molecular weight is 301 g/mol. The van der Waals surface area contributed by atoms with Gasteiger partial charge in [0.2, 0.25) is 0 Å². The SMILES string of the molecule is CCCCCN/C=C(/C#N)C(=O)NCCc1ccc(O)cc1. The molecule has 0 aromatic heterocycles. The van der Waals surface area contributed by atoms with Crippen LogP contribution in [0.5, 0.6) is 5.75 Å². The molecule has 0 atom stereocenters. The Bertz CT molecular complexity index is 530. The van der Waals surface area contributed by atoms with Gasteiger partial charge in [-0.15, -0.1) is 0 Å². The lowest BCUT2D eigenvalue weighted by Crippen LogP contribution is -2.27. The molecule has 0 radical (unpaired) electrons. The Morgan fingerprint density at radius 1 is 1.27 bits per heavy atom. The van der Waals surface area contributed by atoms with Crippen molar-refractivity contribution in [1.82, 2.24) is 10.6 Å². The smallest absolute Gasteiger partial charge is 0.263 e. The standard InChI is InChI=1S/C17H23N3O2/c1-2-3-4-10-19-13-15(12-18)17(22)20-11-9-14-5-7-16(21)8-6-14/h5-8,13,19,21H,2-4,9-11H2,1H3,(H,20,22)/b15-13-. The molecule has 0 saturated heterocycles. The van der Waals surface area contributed by atoms with Crippen LogP contribution in [0.4, 0.5) is 0 Å². The van der Waals surface area contributed by atoms with Crippen molar-refractivity contribution in [1.29, 1.82) is 5.26 Å². The summed E-state index contributed by atoms with van der Waals surface area (Å²) in [5.41, 5.74) is 1.10. The summed E-state index contributed by atoms with van der Waals surface area (Å²) >= 11 is 0. The van der Waals surface area contributed by atoms with E-state index >= 15 is 0 Å². The Labute approximate surface area is 131 Å². The molecule has 5 nitrogen and oxygen atoms in total. The highest BCUT2D eigenvalue weighted by Gasteiger charge is 2.07. The van der Waals surface area contributed by atoms with E-state index in [1.54, 1.807) is 24.3 Å². The van der Waals surface area contributed by atoms with Crippen molar-refractivity contribution in [2.45, 2.75) is 32.6 Å². The number of hydrogen-bond donors (Lipinski definition) is 3. The molecule has 0 unspecified atom stereocenters. The molecule has 0 aliphatic carbocycles. The fraction of sp³-hybridized carbons (Fsp3) is 0.412. The van der Waals surface area contributed by atoms with Gasteiger partial charge in [-0.25, -0.2) is 0 Å². The van der Waals surface area contributed by atoms with E-state index in [-0.39, 0.29) is 17.2 Å². The lowest BCUT2D eigenvalue weighted by atomic mass is 10.1. The molecule has 1 aromatic rings. The maximum absolute atomic E-state index is 11.9. The first kappa shape index (κ1) is 17.6. The number of carbonyl (C=O) groups excluding carboxylic acids is 1. The van der Waals surface area contributed by atoms with E-state index in [1.165, 1.54) is 6.20 Å². The zero-order chi connectivity index (χ0) is 16.2. The summed E-state index contributed by atoms with van der Waals surface area (Å²) in [5.74, 6) is -0.152. The minimum Gasteiger partial charge on any atom is -0.508 e. The van der Waals surface area contributed by atoms with Gasteiger partial charge < -0.3 is 15.7 Å². The second kappa shape index (κ2) is 10.3. The van der Waals surface area contributed by atoms with Crippen molar-refractivity contribution in [2.75, 3.05) is 13.1 Å². The fourth-order valence-electron chi connectivity index (χ4n) is 1.88. The van der Waals surface area contributed by atoms with Crippen molar-refractivity contribution < 1.29 is 9.90 Å². The third-order valence-electron chi connectivity index (χ3n) is 3.17. The van der Waals surface area contributed by atoms with Gasteiger partial charge in [-0.3, -0.25) is 4.79 Å². The number of phenols is 1. The Morgan fingerprint density at radius 3 is 2.64 bits per heavy atom. The molecule has 0 bridgehead atoms. The molecule has 1 amide bonds. The average Bonchev–Trinajstić information content (AvgIpc) is 2.52. The molecule has 22 heavy (non-hydrogen) atoms. The van der Waals surface area contributed by atoms with Gasteiger partial charge in [0.05, 0.1) is 0 Å². The summed E-state index contributed by atoms with van der Waals surface area (Å²) in [6.07, 6.45) is 5.41. The van der Waals surface area contributed by atoms with E-state index in [2.05, 4.69) is 17.6 Å². The van der Waals surface area contributed by atoms with E-state index in [1.807, 2.05) is 6.07 Å². The van der Waals surface area contributed by atoms with Gasteiger partial charge in [-0.2, -0.15) is 5.26 Å². The minimum absolute atomic E-state index is 0.0854. The number of carbonyl (C=O) groups is 1. The molecule has 0 spiro atoms. The van der Waals surface area contributed by atoms with E-state index in [4.69, 9.17) is 5.26 Å². The Hall–Kier alpha value is -2.48. The molecule has 1 rings (SSSR count). The number of aromatic hydroxyl groups is 1. The van der Waals surface area contributed by atoms with Crippen molar-refractivity contribution in [2.24, 2.45) is 0 Å². The zero-order valence-electron chi connectivity index (χ0n) is 12.9. The number of rotatable bonds is 9. The topological polar surface area (TPSA) is 85.2 Å². The summed E-state index contributed by atoms with van der Waals surface area (Å²) in [6.45, 7) is 3.33. The minimum atomic E-state index is -0.371. The van der Waals surface area contributed by atoms with Gasteiger partial charge in [-0.1, -0.05) is 31.9 Å². The van der Waals surface area contributed by atoms with Crippen LogP contribution in [0.1, 0.15) is 31.7 Å². The van der Waals surface area contributed by atoms with Crippen LogP contribution >= 0.6 is 0 Å². The third kappa shape index (κ3) is 6.80. The number of phenolic OH excluding ortho intramolecular Hbond substituents is 1. The predicted molar refractivity (Wildman–Crippen MR) is 86.0 cm³/mol. The lowest BCUT2D eigenvalue weighted by Gasteiger charge is -2.05. The van der Waals surface area contributed by atoms with Crippen LogP contribution in [0.2, 0.25) is 0 Å². The summed E-state index contributed by atoms with van der Waals surface area (Å²) < 4.78 is 0. The van der Waals surface area contributed by atoms with Crippen LogP contribution in [-0.4, -0.2) is 24.1 Å². The normalized spacial score (nSPS) is 10.8. The van der Waals surface area contributed by atoms with E-state index in [9.17, 15) is 9.90 Å². The number of hydrogen-bond acceptors (Lipinski definition) is 4. The molecule has 0 heterocycles. The highest BCUT2D eigenvalue weighted by atomic mass is 16.3. The third-order valence-corrected chi connectivity index (χ3v) is 3.17. The Morgan fingerprint density at radius 2 is 2.00 bits per heavy atom. The van der Waals surface area contributed by atoms with Gasteiger partial charge >= 0.3 is 0 Å². The fourth-order valence-corrected chi connectivity index (χ4v) is 1.88. The summed E-state index contributed by atoms with van der Waals surface area (Å²) in [6, 6.07) is 8.73. The van der Waals surface area contributed by atoms with Crippen LogP contribution in [0.15, 0.2) is 36.0 Å². The first-order chi connectivity index (χ1) is 10.7. The number of nitriles is 1. The number of amides is 1. The monoisotopic (exact) mass is 301 g/mol. The second-order valence-corrected chi connectivity index (χ2v) is 5.00. The van der Waals surface area contributed by atoms with Crippen LogP contribution in [0.25, 0.3) is 0 Å². The van der Waals surface area contributed by atoms with E-state index < -0.39 is 0 Å². The van der Waals surface area contributed by atoms with Gasteiger partial charge in [0.25, 0.3) is 5.91 Å². The van der Waals surface area contributed by atoms with Crippen molar-refractivity contribution >= 4 is 5.91 Å².